The molecule has 0 radical (unpaired) electrons. The molecule has 0 atom stereocenters. The zero-order valence-electron chi connectivity index (χ0n) is 19.0. The smallest absolute Gasteiger partial charge is 0.0162 e. The molecule has 0 aromatic heterocycles. The van der Waals surface area contributed by atoms with Crippen LogP contribution in [0.5, 0.6) is 0 Å². The molecule has 29 heavy (non-hydrogen) atoms. The van der Waals surface area contributed by atoms with Crippen LogP contribution in [0.2, 0.25) is 0 Å². The Morgan fingerprint density at radius 3 is 1.83 bits per heavy atom. The van der Waals surface area contributed by atoms with Gasteiger partial charge >= 0.3 is 0 Å². The highest BCUT2D eigenvalue weighted by molar-refractivity contribution is 5.64. The van der Waals surface area contributed by atoms with Crippen LogP contribution in [0.15, 0.2) is 48.5 Å². The molecule has 0 nitrogen and oxygen atoms in total. The number of benzene rings is 2. The van der Waals surface area contributed by atoms with E-state index in [9.17, 15) is 0 Å². The quantitative estimate of drug-likeness (QED) is 0.335. The van der Waals surface area contributed by atoms with Crippen LogP contribution in [0, 0.1) is 5.92 Å². The molecule has 0 unspecified atom stereocenters. The minimum atomic E-state index is 0.789. The minimum Gasteiger partial charge on any atom is -0.0654 e. The largest absolute Gasteiger partial charge is 0.0654 e. The average molecular weight is 391 g/mol. The van der Waals surface area contributed by atoms with E-state index in [1.54, 1.807) is 5.56 Å². The fraction of sp³-hybridized carbons (Fsp3) is 0.586. The van der Waals surface area contributed by atoms with Gasteiger partial charge in [0, 0.05) is 0 Å². The third-order valence-corrected chi connectivity index (χ3v) is 7.02. The van der Waals surface area contributed by atoms with Crippen LogP contribution < -0.4 is 0 Å². The lowest BCUT2D eigenvalue weighted by molar-refractivity contribution is 0.302. The van der Waals surface area contributed by atoms with Gasteiger partial charge in [-0.05, 0) is 66.2 Å². The topological polar surface area (TPSA) is 0 Å². The molecule has 0 aliphatic heterocycles. The fourth-order valence-corrected chi connectivity index (χ4v) is 5.10. The van der Waals surface area contributed by atoms with E-state index in [1.807, 2.05) is 0 Å². The molecule has 0 saturated heterocycles. The zero-order chi connectivity index (χ0) is 20.3. The van der Waals surface area contributed by atoms with Crippen LogP contribution in [0.4, 0.5) is 0 Å². The van der Waals surface area contributed by atoms with E-state index < -0.39 is 0 Å². The molecule has 0 heteroatoms. The Labute approximate surface area is 180 Å². The predicted octanol–water partition coefficient (Wildman–Crippen LogP) is 9.33. The SMILES string of the molecule is CCCCCCCCC1CCC(c2ccc(-c3ccc(CCC)cc3)cc2)CC1. The lowest BCUT2D eigenvalue weighted by Gasteiger charge is -2.29. The molecule has 0 bridgehead atoms. The molecule has 2 aromatic carbocycles. The minimum absolute atomic E-state index is 0.789. The molecule has 0 heterocycles. The Morgan fingerprint density at radius 2 is 1.21 bits per heavy atom. The average Bonchev–Trinajstić information content (AvgIpc) is 2.78. The number of aryl methyl sites for hydroxylation is 1. The van der Waals surface area contributed by atoms with Gasteiger partial charge in [0.05, 0.1) is 0 Å². The normalized spacial score (nSPS) is 19.4. The molecular weight excluding hydrogens is 348 g/mol. The highest BCUT2D eigenvalue weighted by atomic mass is 14.3. The predicted molar refractivity (Wildman–Crippen MR) is 129 cm³/mol. The molecule has 1 aliphatic carbocycles. The van der Waals surface area contributed by atoms with Crippen LogP contribution in [0.3, 0.4) is 0 Å². The molecule has 1 fully saturated rings. The van der Waals surface area contributed by atoms with E-state index in [4.69, 9.17) is 0 Å². The van der Waals surface area contributed by atoms with Crippen molar-refractivity contribution < 1.29 is 0 Å². The summed E-state index contributed by atoms with van der Waals surface area (Å²) in [6, 6.07) is 18.6. The first kappa shape index (κ1) is 22.1. The summed E-state index contributed by atoms with van der Waals surface area (Å²) in [5, 5.41) is 0. The Kier molecular flexibility index (Phi) is 9.32. The van der Waals surface area contributed by atoms with Crippen LogP contribution in [-0.4, -0.2) is 0 Å². The van der Waals surface area contributed by atoms with Crippen molar-refractivity contribution in [3.8, 4) is 11.1 Å². The lowest BCUT2D eigenvalue weighted by atomic mass is 9.77. The monoisotopic (exact) mass is 390 g/mol. The standard InChI is InChI=1S/C29H42/c1-3-5-6-7-8-9-11-25-14-18-27(19-15-25)29-22-20-28(21-23-29)26-16-12-24(10-4-2)13-17-26/h12-13,16-17,20-23,25,27H,3-11,14-15,18-19H2,1-2H3. The Morgan fingerprint density at radius 1 is 0.621 bits per heavy atom. The second-order valence-electron chi connectivity index (χ2n) is 9.34. The van der Waals surface area contributed by atoms with Crippen molar-refractivity contribution in [2.75, 3.05) is 0 Å². The second-order valence-corrected chi connectivity index (χ2v) is 9.34. The highest BCUT2D eigenvalue weighted by Gasteiger charge is 2.22. The van der Waals surface area contributed by atoms with Crippen molar-refractivity contribution in [1.82, 2.24) is 0 Å². The van der Waals surface area contributed by atoms with Crippen LogP contribution in [0.1, 0.15) is 108 Å². The summed E-state index contributed by atoms with van der Waals surface area (Å²) < 4.78 is 0. The first-order valence-corrected chi connectivity index (χ1v) is 12.5. The summed E-state index contributed by atoms with van der Waals surface area (Å²) in [4.78, 5) is 0. The molecule has 0 amide bonds. The summed E-state index contributed by atoms with van der Waals surface area (Å²) in [7, 11) is 0. The maximum Gasteiger partial charge on any atom is -0.0162 e. The van der Waals surface area contributed by atoms with Crippen molar-refractivity contribution >= 4 is 0 Å². The van der Waals surface area contributed by atoms with Crippen molar-refractivity contribution in [2.45, 2.75) is 103 Å². The first-order valence-electron chi connectivity index (χ1n) is 12.5. The van der Waals surface area contributed by atoms with E-state index >= 15 is 0 Å². The van der Waals surface area contributed by atoms with Gasteiger partial charge in [0.25, 0.3) is 0 Å². The summed E-state index contributed by atoms with van der Waals surface area (Å²) >= 11 is 0. The van der Waals surface area contributed by atoms with Gasteiger partial charge in [-0.3, -0.25) is 0 Å². The summed E-state index contributed by atoms with van der Waals surface area (Å²) in [5.74, 6) is 1.79. The van der Waals surface area contributed by atoms with E-state index in [0.29, 0.717) is 0 Å². The fourth-order valence-electron chi connectivity index (χ4n) is 5.10. The van der Waals surface area contributed by atoms with Crippen molar-refractivity contribution in [3.05, 3.63) is 59.7 Å². The van der Waals surface area contributed by atoms with E-state index in [1.165, 1.54) is 100 Å². The third-order valence-electron chi connectivity index (χ3n) is 7.02. The van der Waals surface area contributed by atoms with Gasteiger partial charge < -0.3 is 0 Å². The van der Waals surface area contributed by atoms with Crippen molar-refractivity contribution in [3.63, 3.8) is 0 Å². The highest BCUT2D eigenvalue weighted by Crippen LogP contribution is 2.38. The molecule has 0 spiro atoms. The zero-order valence-corrected chi connectivity index (χ0v) is 19.0. The first-order chi connectivity index (χ1) is 14.3. The Balaban J connectivity index is 1.43. The van der Waals surface area contributed by atoms with Gasteiger partial charge in [0.15, 0.2) is 0 Å². The van der Waals surface area contributed by atoms with Gasteiger partial charge in [0.2, 0.25) is 0 Å². The molecule has 0 N–H and O–H groups in total. The van der Waals surface area contributed by atoms with Crippen molar-refractivity contribution in [1.29, 1.82) is 0 Å². The summed E-state index contributed by atoms with van der Waals surface area (Å²) in [5.41, 5.74) is 5.72. The van der Waals surface area contributed by atoms with Crippen LogP contribution >= 0.6 is 0 Å². The summed E-state index contributed by atoms with van der Waals surface area (Å²) in [6.07, 6.45) is 18.2. The number of hydrogen-bond acceptors (Lipinski definition) is 0. The van der Waals surface area contributed by atoms with E-state index in [2.05, 4.69) is 62.4 Å². The van der Waals surface area contributed by atoms with Gasteiger partial charge in [-0.25, -0.2) is 0 Å². The van der Waals surface area contributed by atoms with Crippen LogP contribution in [0.25, 0.3) is 11.1 Å². The molecular formula is C29H42. The third kappa shape index (κ3) is 7.02. The van der Waals surface area contributed by atoms with Gasteiger partial charge in [0.1, 0.15) is 0 Å². The van der Waals surface area contributed by atoms with Gasteiger partial charge in [-0.2, -0.15) is 0 Å². The number of unbranched alkanes of at least 4 members (excludes halogenated alkanes) is 5. The maximum absolute atomic E-state index is 2.40. The molecule has 3 rings (SSSR count). The van der Waals surface area contributed by atoms with Gasteiger partial charge in [-0.15, -0.1) is 0 Å². The molecule has 2 aromatic rings. The van der Waals surface area contributed by atoms with Crippen LogP contribution in [-0.2, 0) is 6.42 Å². The molecule has 1 saturated carbocycles. The number of hydrogen-bond donors (Lipinski definition) is 0. The van der Waals surface area contributed by atoms with E-state index in [-0.39, 0.29) is 0 Å². The van der Waals surface area contributed by atoms with E-state index in [0.717, 1.165) is 11.8 Å². The number of rotatable bonds is 11. The Hall–Kier alpha value is -1.56. The molecule has 158 valence electrons. The summed E-state index contributed by atoms with van der Waals surface area (Å²) in [6.45, 7) is 4.55. The maximum atomic E-state index is 2.40. The Bertz CT molecular complexity index is 671. The van der Waals surface area contributed by atoms with Crippen molar-refractivity contribution in [2.24, 2.45) is 5.92 Å². The molecule has 1 aliphatic rings. The second kappa shape index (κ2) is 12.2. The van der Waals surface area contributed by atoms with Gasteiger partial charge in [-0.1, -0.05) is 114 Å². The lowest BCUT2D eigenvalue weighted by Crippen LogP contribution is -2.13.